The van der Waals surface area contributed by atoms with Crippen molar-refractivity contribution in [2.75, 3.05) is 13.1 Å². The van der Waals surface area contributed by atoms with Gasteiger partial charge in [-0.3, -0.25) is 0 Å². The fraction of sp³-hybridized carbons (Fsp3) is 0.333. The molecule has 1 atom stereocenters. The minimum Gasteiger partial charge on any atom is -0.458 e. The van der Waals surface area contributed by atoms with E-state index in [-0.39, 0.29) is 0 Å². The van der Waals surface area contributed by atoms with E-state index in [1.165, 1.54) is 0 Å². The molecule has 2 heterocycles. The number of nitrogens with one attached hydrogen (secondary N) is 1. The predicted octanol–water partition coefficient (Wildman–Crippen LogP) is 3.24. The van der Waals surface area contributed by atoms with Crippen LogP contribution in [0.15, 0.2) is 28.7 Å². The molecule has 3 rings (SSSR count). The van der Waals surface area contributed by atoms with Crippen LogP contribution in [0.5, 0.6) is 0 Å². The average molecular weight is 240 g/mol. The SMILES string of the molecule is FC1(c2cc3cc(Cl)ccc3o2)CCNC1. The summed E-state index contributed by atoms with van der Waals surface area (Å²) in [6, 6.07) is 7.05. The van der Waals surface area contributed by atoms with Gasteiger partial charge in [-0.25, -0.2) is 4.39 Å². The van der Waals surface area contributed by atoms with E-state index in [0.717, 1.165) is 5.39 Å². The van der Waals surface area contributed by atoms with Crippen LogP contribution in [0.1, 0.15) is 12.2 Å². The van der Waals surface area contributed by atoms with Gasteiger partial charge in [0, 0.05) is 23.4 Å². The van der Waals surface area contributed by atoms with Crippen LogP contribution in [0.2, 0.25) is 5.02 Å². The number of benzene rings is 1. The van der Waals surface area contributed by atoms with E-state index in [4.69, 9.17) is 16.0 Å². The molecule has 0 saturated carbocycles. The molecule has 2 nitrogen and oxygen atoms in total. The summed E-state index contributed by atoms with van der Waals surface area (Å²) in [5.74, 6) is 0.398. The van der Waals surface area contributed by atoms with Crippen LogP contribution in [-0.4, -0.2) is 13.1 Å². The van der Waals surface area contributed by atoms with Gasteiger partial charge in [0.05, 0.1) is 0 Å². The van der Waals surface area contributed by atoms with E-state index in [9.17, 15) is 4.39 Å². The van der Waals surface area contributed by atoms with Crippen LogP contribution >= 0.6 is 11.6 Å². The van der Waals surface area contributed by atoms with Crippen molar-refractivity contribution in [1.82, 2.24) is 5.32 Å². The fourth-order valence-electron chi connectivity index (χ4n) is 2.11. The number of hydrogen-bond acceptors (Lipinski definition) is 2. The van der Waals surface area contributed by atoms with Gasteiger partial charge in [0.15, 0.2) is 5.67 Å². The third-order valence-electron chi connectivity index (χ3n) is 3.02. The number of halogens is 2. The van der Waals surface area contributed by atoms with E-state index < -0.39 is 5.67 Å². The van der Waals surface area contributed by atoms with Crippen molar-refractivity contribution >= 4 is 22.6 Å². The molecule has 1 aliphatic rings. The average Bonchev–Trinajstić information content (AvgIpc) is 2.84. The van der Waals surface area contributed by atoms with E-state index in [1.807, 2.05) is 0 Å². The molecule has 1 N–H and O–H groups in total. The van der Waals surface area contributed by atoms with E-state index in [1.54, 1.807) is 24.3 Å². The molecule has 1 aromatic heterocycles. The Morgan fingerprint density at radius 3 is 3.00 bits per heavy atom. The third-order valence-corrected chi connectivity index (χ3v) is 3.26. The van der Waals surface area contributed by atoms with Crippen molar-refractivity contribution in [3.8, 4) is 0 Å². The van der Waals surface area contributed by atoms with Gasteiger partial charge >= 0.3 is 0 Å². The number of alkyl halides is 1. The lowest BCUT2D eigenvalue weighted by atomic mass is 10.0. The third kappa shape index (κ3) is 1.51. The molecule has 1 saturated heterocycles. The summed E-state index contributed by atoms with van der Waals surface area (Å²) in [6.07, 6.45) is 0.459. The summed E-state index contributed by atoms with van der Waals surface area (Å²) >= 11 is 5.87. The zero-order valence-electron chi connectivity index (χ0n) is 8.59. The Balaban J connectivity index is 2.11. The molecule has 84 valence electrons. The molecule has 0 aliphatic carbocycles. The molecule has 0 amide bonds. The smallest absolute Gasteiger partial charge is 0.181 e. The summed E-state index contributed by atoms with van der Waals surface area (Å²) in [5, 5.41) is 4.50. The molecule has 1 aliphatic heterocycles. The fourth-order valence-corrected chi connectivity index (χ4v) is 2.29. The van der Waals surface area contributed by atoms with E-state index >= 15 is 0 Å². The van der Waals surface area contributed by atoms with Gasteiger partial charge in [0.25, 0.3) is 0 Å². The lowest BCUT2D eigenvalue weighted by molar-refractivity contribution is 0.158. The van der Waals surface area contributed by atoms with Crippen LogP contribution in [-0.2, 0) is 5.67 Å². The predicted molar refractivity (Wildman–Crippen MR) is 61.5 cm³/mol. The van der Waals surface area contributed by atoms with Gasteiger partial charge in [-0.05, 0) is 30.8 Å². The highest BCUT2D eigenvalue weighted by Crippen LogP contribution is 2.36. The van der Waals surface area contributed by atoms with Gasteiger partial charge in [-0.2, -0.15) is 0 Å². The molecule has 0 spiro atoms. The molecule has 2 aromatic rings. The van der Waals surface area contributed by atoms with E-state index in [2.05, 4.69) is 5.32 Å². The van der Waals surface area contributed by atoms with Gasteiger partial charge in [-0.15, -0.1) is 0 Å². The van der Waals surface area contributed by atoms with Crippen LogP contribution in [0, 0.1) is 0 Å². The first-order valence-corrected chi connectivity index (χ1v) is 5.64. The minimum absolute atomic E-state index is 0.320. The van der Waals surface area contributed by atoms with Crippen LogP contribution in [0.3, 0.4) is 0 Å². The molecule has 0 bridgehead atoms. The zero-order valence-corrected chi connectivity index (χ0v) is 9.35. The number of rotatable bonds is 1. The number of fused-ring (bicyclic) bond motifs is 1. The van der Waals surface area contributed by atoms with Crippen LogP contribution in [0.25, 0.3) is 11.0 Å². The molecule has 1 aromatic carbocycles. The molecular weight excluding hydrogens is 229 g/mol. The maximum atomic E-state index is 14.4. The van der Waals surface area contributed by atoms with Gasteiger partial charge in [-0.1, -0.05) is 11.6 Å². The quantitative estimate of drug-likeness (QED) is 0.827. The van der Waals surface area contributed by atoms with Gasteiger partial charge in [0.1, 0.15) is 11.3 Å². The van der Waals surface area contributed by atoms with Crippen LogP contribution in [0.4, 0.5) is 4.39 Å². The molecule has 16 heavy (non-hydrogen) atoms. The van der Waals surface area contributed by atoms with Crippen LogP contribution < -0.4 is 5.32 Å². The Morgan fingerprint density at radius 2 is 2.25 bits per heavy atom. The summed E-state index contributed by atoms with van der Waals surface area (Å²) in [5.41, 5.74) is -0.686. The highest BCUT2D eigenvalue weighted by atomic mass is 35.5. The zero-order chi connectivity index (χ0) is 11.2. The highest BCUT2D eigenvalue weighted by Gasteiger charge is 2.38. The Kier molecular flexibility index (Phi) is 2.19. The number of hydrogen-bond donors (Lipinski definition) is 1. The van der Waals surface area contributed by atoms with Gasteiger partial charge in [0.2, 0.25) is 0 Å². The summed E-state index contributed by atoms with van der Waals surface area (Å²) in [4.78, 5) is 0. The Hall–Kier alpha value is -1.06. The molecule has 4 heteroatoms. The second kappa shape index (κ2) is 3.47. The van der Waals surface area contributed by atoms with Crippen molar-refractivity contribution in [3.63, 3.8) is 0 Å². The molecule has 1 fully saturated rings. The highest BCUT2D eigenvalue weighted by molar-refractivity contribution is 6.31. The second-order valence-corrected chi connectivity index (χ2v) is 4.62. The standard InChI is InChI=1S/C12H11ClFNO/c13-9-1-2-10-8(5-9)6-11(16-10)12(14)3-4-15-7-12/h1-2,5-6,15H,3-4,7H2. The van der Waals surface area contributed by atoms with Crippen molar-refractivity contribution in [1.29, 1.82) is 0 Å². The number of furan rings is 1. The topological polar surface area (TPSA) is 25.2 Å². The first-order valence-electron chi connectivity index (χ1n) is 5.27. The van der Waals surface area contributed by atoms with Crippen molar-refractivity contribution in [2.45, 2.75) is 12.1 Å². The minimum atomic E-state index is -1.37. The second-order valence-electron chi connectivity index (χ2n) is 4.18. The molecule has 0 radical (unpaired) electrons. The Morgan fingerprint density at radius 1 is 1.38 bits per heavy atom. The van der Waals surface area contributed by atoms with Crippen molar-refractivity contribution in [3.05, 3.63) is 35.0 Å². The summed E-state index contributed by atoms with van der Waals surface area (Å²) < 4.78 is 19.9. The van der Waals surface area contributed by atoms with Crippen molar-refractivity contribution in [2.24, 2.45) is 0 Å². The summed E-state index contributed by atoms with van der Waals surface area (Å²) in [7, 11) is 0. The molecule has 1 unspecified atom stereocenters. The lowest BCUT2D eigenvalue weighted by Crippen LogP contribution is -2.22. The largest absolute Gasteiger partial charge is 0.458 e. The van der Waals surface area contributed by atoms with E-state index in [0.29, 0.717) is 35.9 Å². The maximum Gasteiger partial charge on any atom is 0.181 e. The monoisotopic (exact) mass is 239 g/mol. The first kappa shape index (κ1) is 10.1. The Bertz CT molecular complexity index is 531. The van der Waals surface area contributed by atoms with Crippen molar-refractivity contribution < 1.29 is 8.81 Å². The maximum absolute atomic E-state index is 14.4. The normalized spacial score (nSPS) is 25.4. The molecular formula is C12H11ClFNO. The Labute approximate surface area is 97.4 Å². The lowest BCUT2D eigenvalue weighted by Gasteiger charge is -2.13. The van der Waals surface area contributed by atoms with Gasteiger partial charge < -0.3 is 9.73 Å². The summed E-state index contributed by atoms with van der Waals surface area (Å²) in [6.45, 7) is 1.01. The first-order chi connectivity index (χ1) is 7.67.